The van der Waals surface area contributed by atoms with Gasteiger partial charge in [-0.05, 0) is 12.1 Å². The summed E-state index contributed by atoms with van der Waals surface area (Å²) in [6.45, 7) is 1.49. The molecule has 0 atom stereocenters. The lowest BCUT2D eigenvalue weighted by Gasteiger charge is -2.00. The van der Waals surface area contributed by atoms with Gasteiger partial charge in [0.25, 0.3) is 5.91 Å². The number of aromatic nitrogens is 1. The number of rotatable bonds is 3. The third-order valence-corrected chi connectivity index (χ3v) is 5.04. The maximum Gasteiger partial charge on any atom is 0.267 e. The van der Waals surface area contributed by atoms with Crippen molar-refractivity contribution in [2.24, 2.45) is 7.05 Å². The Balaban J connectivity index is 1.92. The van der Waals surface area contributed by atoms with Gasteiger partial charge in [-0.2, -0.15) is 0 Å². The van der Waals surface area contributed by atoms with Crippen molar-refractivity contribution >= 4 is 50.4 Å². The van der Waals surface area contributed by atoms with E-state index in [-0.39, 0.29) is 11.7 Å². The maximum atomic E-state index is 12.4. The highest BCUT2D eigenvalue weighted by molar-refractivity contribution is 7.21. The second-order valence-corrected chi connectivity index (χ2v) is 6.41. The number of aryl methyl sites for hydroxylation is 1. The predicted molar refractivity (Wildman–Crippen MR) is 90.2 cm³/mol. The van der Waals surface area contributed by atoms with Gasteiger partial charge in [-0.1, -0.05) is 29.8 Å². The summed E-state index contributed by atoms with van der Waals surface area (Å²) < 4.78 is 2.65. The van der Waals surface area contributed by atoms with Gasteiger partial charge in [0.1, 0.15) is 4.88 Å². The molecule has 0 fully saturated rings. The topological polar surface area (TPSA) is 51.1 Å². The van der Waals surface area contributed by atoms with E-state index in [4.69, 9.17) is 11.6 Å². The van der Waals surface area contributed by atoms with Crippen LogP contribution in [0.1, 0.15) is 27.1 Å². The molecule has 2 aromatic heterocycles. The predicted octanol–water partition coefficient (Wildman–Crippen LogP) is 4.35. The molecule has 4 nitrogen and oxygen atoms in total. The van der Waals surface area contributed by atoms with Gasteiger partial charge in [0.15, 0.2) is 5.78 Å². The number of halogens is 1. The van der Waals surface area contributed by atoms with E-state index in [2.05, 4.69) is 5.32 Å². The molecule has 0 aliphatic rings. The molecular formula is C16H13ClN2O2S. The van der Waals surface area contributed by atoms with E-state index in [0.717, 1.165) is 10.1 Å². The van der Waals surface area contributed by atoms with Crippen molar-refractivity contribution < 1.29 is 9.59 Å². The van der Waals surface area contributed by atoms with Crippen LogP contribution in [0.25, 0.3) is 10.1 Å². The summed E-state index contributed by atoms with van der Waals surface area (Å²) in [7, 11) is 1.76. The first-order valence-electron chi connectivity index (χ1n) is 6.63. The smallest absolute Gasteiger partial charge is 0.267 e. The molecule has 0 saturated heterocycles. The fourth-order valence-corrected chi connectivity index (χ4v) is 3.74. The Labute approximate surface area is 136 Å². The quantitative estimate of drug-likeness (QED) is 0.725. The van der Waals surface area contributed by atoms with Gasteiger partial charge < -0.3 is 9.88 Å². The van der Waals surface area contributed by atoms with Crippen LogP contribution in [0.3, 0.4) is 0 Å². The molecule has 1 aromatic carbocycles. The van der Waals surface area contributed by atoms with Crippen LogP contribution in [-0.4, -0.2) is 16.3 Å². The number of thiophene rings is 1. The van der Waals surface area contributed by atoms with Gasteiger partial charge in [0.05, 0.1) is 16.4 Å². The zero-order valence-electron chi connectivity index (χ0n) is 12.0. The molecule has 0 bridgehead atoms. The van der Waals surface area contributed by atoms with Crippen molar-refractivity contribution in [3.05, 3.63) is 52.1 Å². The van der Waals surface area contributed by atoms with Crippen molar-refractivity contribution in [3.8, 4) is 0 Å². The van der Waals surface area contributed by atoms with Gasteiger partial charge in [-0.15, -0.1) is 11.3 Å². The second kappa shape index (κ2) is 5.59. The molecule has 6 heteroatoms. The van der Waals surface area contributed by atoms with Gasteiger partial charge in [0, 0.05) is 30.3 Å². The summed E-state index contributed by atoms with van der Waals surface area (Å²) in [4.78, 5) is 24.3. The molecule has 1 N–H and O–H groups in total. The number of amides is 1. The second-order valence-electron chi connectivity index (χ2n) is 4.98. The number of benzene rings is 1. The number of nitrogens with one attached hydrogen (secondary N) is 1. The van der Waals surface area contributed by atoms with E-state index in [9.17, 15) is 9.59 Å². The Bertz CT molecular complexity index is 895. The van der Waals surface area contributed by atoms with Crippen LogP contribution < -0.4 is 5.32 Å². The van der Waals surface area contributed by atoms with Crippen LogP contribution >= 0.6 is 22.9 Å². The number of hydrogen-bond acceptors (Lipinski definition) is 3. The number of hydrogen-bond donors (Lipinski definition) is 1. The summed E-state index contributed by atoms with van der Waals surface area (Å²) in [6, 6.07) is 9.27. The first-order valence-corrected chi connectivity index (χ1v) is 7.82. The lowest BCUT2D eigenvalue weighted by atomic mass is 10.2. The third kappa shape index (κ3) is 2.53. The van der Waals surface area contributed by atoms with Crippen LogP contribution in [0.2, 0.25) is 5.02 Å². The van der Waals surface area contributed by atoms with Gasteiger partial charge in [0.2, 0.25) is 0 Å². The number of fused-ring (bicyclic) bond motifs is 1. The molecule has 2 heterocycles. The summed E-state index contributed by atoms with van der Waals surface area (Å²) in [5, 5.41) is 4.12. The molecule has 3 rings (SSSR count). The SMILES string of the molecule is CC(=O)c1cc(NC(=O)c2sc3ccccc3c2Cl)cn1C. The molecular weight excluding hydrogens is 320 g/mol. The van der Waals surface area contributed by atoms with E-state index in [1.165, 1.54) is 18.3 Å². The van der Waals surface area contributed by atoms with Crippen LogP contribution in [0.15, 0.2) is 36.5 Å². The third-order valence-electron chi connectivity index (χ3n) is 3.36. The van der Waals surface area contributed by atoms with Crippen molar-refractivity contribution in [2.75, 3.05) is 5.32 Å². The molecule has 0 aliphatic carbocycles. The standard InChI is InChI=1S/C16H13ClN2O2S/c1-9(20)12-7-10(8-19(12)2)18-16(21)15-14(17)11-5-3-4-6-13(11)22-15/h3-8H,1-2H3,(H,18,21). The van der Waals surface area contributed by atoms with Crippen molar-refractivity contribution in [3.63, 3.8) is 0 Å². The Hall–Kier alpha value is -2.11. The van der Waals surface area contributed by atoms with Crippen LogP contribution in [0.5, 0.6) is 0 Å². The number of anilines is 1. The van der Waals surface area contributed by atoms with E-state index in [1.807, 2.05) is 24.3 Å². The highest BCUT2D eigenvalue weighted by Gasteiger charge is 2.18. The minimum absolute atomic E-state index is 0.0529. The molecule has 0 spiro atoms. The first-order chi connectivity index (χ1) is 10.5. The Morgan fingerprint density at radius 2 is 2.00 bits per heavy atom. The van der Waals surface area contributed by atoms with E-state index in [0.29, 0.717) is 21.3 Å². The van der Waals surface area contributed by atoms with Gasteiger partial charge in [-0.25, -0.2) is 0 Å². The minimum atomic E-state index is -0.271. The van der Waals surface area contributed by atoms with Gasteiger partial charge in [-0.3, -0.25) is 9.59 Å². The Morgan fingerprint density at radius 3 is 2.64 bits per heavy atom. The Morgan fingerprint density at radius 1 is 1.27 bits per heavy atom. The summed E-state index contributed by atoms with van der Waals surface area (Å²) in [5.41, 5.74) is 1.11. The van der Waals surface area contributed by atoms with E-state index < -0.39 is 0 Å². The lowest BCUT2D eigenvalue weighted by molar-refractivity contribution is 0.100. The highest BCUT2D eigenvalue weighted by Crippen LogP contribution is 2.35. The summed E-state index contributed by atoms with van der Waals surface area (Å²) >= 11 is 7.65. The summed E-state index contributed by atoms with van der Waals surface area (Å²) in [5.74, 6) is -0.324. The zero-order valence-corrected chi connectivity index (χ0v) is 13.6. The largest absolute Gasteiger partial charge is 0.346 e. The van der Waals surface area contributed by atoms with Crippen LogP contribution in [0.4, 0.5) is 5.69 Å². The number of nitrogens with zero attached hydrogens (tertiary/aromatic N) is 1. The molecule has 0 aliphatic heterocycles. The molecule has 0 saturated carbocycles. The average Bonchev–Trinajstić information content (AvgIpc) is 3.00. The monoisotopic (exact) mass is 332 g/mol. The van der Waals surface area contributed by atoms with Crippen LogP contribution in [-0.2, 0) is 7.05 Å². The van der Waals surface area contributed by atoms with Crippen molar-refractivity contribution in [1.82, 2.24) is 4.57 Å². The summed E-state index contributed by atoms with van der Waals surface area (Å²) in [6.07, 6.45) is 1.70. The normalized spacial score (nSPS) is 10.9. The maximum absolute atomic E-state index is 12.4. The molecule has 0 radical (unpaired) electrons. The number of carbonyl (C=O) groups is 2. The van der Waals surface area contributed by atoms with Gasteiger partial charge >= 0.3 is 0 Å². The lowest BCUT2D eigenvalue weighted by Crippen LogP contribution is -2.10. The highest BCUT2D eigenvalue weighted by atomic mass is 35.5. The fourth-order valence-electron chi connectivity index (χ4n) is 2.33. The van der Waals surface area contributed by atoms with E-state index in [1.54, 1.807) is 23.9 Å². The number of carbonyl (C=O) groups excluding carboxylic acids is 2. The zero-order chi connectivity index (χ0) is 15.9. The molecule has 0 unspecified atom stereocenters. The molecule has 22 heavy (non-hydrogen) atoms. The average molecular weight is 333 g/mol. The number of Topliss-reactive ketones (excluding diaryl/α,β-unsaturated/α-hetero) is 1. The van der Waals surface area contributed by atoms with E-state index >= 15 is 0 Å². The number of ketones is 1. The molecule has 3 aromatic rings. The molecule has 112 valence electrons. The fraction of sp³-hybridized carbons (Fsp3) is 0.125. The van der Waals surface area contributed by atoms with Crippen molar-refractivity contribution in [2.45, 2.75) is 6.92 Å². The molecule has 1 amide bonds. The van der Waals surface area contributed by atoms with Crippen molar-refractivity contribution in [1.29, 1.82) is 0 Å². The Kier molecular flexibility index (Phi) is 3.76. The minimum Gasteiger partial charge on any atom is -0.346 e. The first kappa shape index (κ1) is 14.8. The van der Waals surface area contributed by atoms with Crippen LogP contribution in [0, 0.1) is 0 Å².